The van der Waals surface area contributed by atoms with E-state index in [1.165, 1.54) is 0 Å². The van der Waals surface area contributed by atoms with Gasteiger partial charge in [0.2, 0.25) is 0 Å². The number of halogens is 4. The maximum Gasteiger partial charge on any atom is 0.573 e. The zero-order valence-electron chi connectivity index (χ0n) is 11.6. The van der Waals surface area contributed by atoms with Crippen molar-refractivity contribution in [3.63, 3.8) is 0 Å². The topological polar surface area (TPSA) is 75.7 Å². The fourth-order valence-corrected chi connectivity index (χ4v) is 1.78. The molecule has 8 heteroatoms. The third-order valence-electron chi connectivity index (χ3n) is 3.19. The van der Waals surface area contributed by atoms with Gasteiger partial charge in [-0.05, 0) is 24.1 Å². The molecule has 0 saturated heterocycles. The SMILES string of the molecule is CCC(C)[C@@H](O)[C@@H](N)c1cc(OC(F)(F)F)ccc1O.Cl. The molecule has 0 radical (unpaired) electrons. The maximum atomic E-state index is 12.2. The van der Waals surface area contributed by atoms with E-state index in [9.17, 15) is 23.4 Å². The zero-order valence-corrected chi connectivity index (χ0v) is 12.4. The normalized spacial score (nSPS) is 15.8. The Morgan fingerprint density at radius 2 is 1.90 bits per heavy atom. The van der Waals surface area contributed by atoms with Gasteiger partial charge in [0, 0.05) is 5.56 Å². The van der Waals surface area contributed by atoms with Crippen molar-refractivity contribution >= 4 is 12.4 Å². The van der Waals surface area contributed by atoms with Gasteiger partial charge in [-0.2, -0.15) is 0 Å². The second-order valence-corrected chi connectivity index (χ2v) is 4.67. The zero-order chi connectivity index (χ0) is 15.5. The average molecular weight is 330 g/mol. The van der Waals surface area contributed by atoms with E-state index in [0.717, 1.165) is 18.2 Å². The molecule has 21 heavy (non-hydrogen) atoms. The minimum Gasteiger partial charge on any atom is -0.508 e. The van der Waals surface area contributed by atoms with Crippen LogP contribution in [-0.2, 0) is 0 Å². The molecule has 1 aromatic rings. The van der Waals surface area contributed by atoms with Crippen LogP contribution in [0.25, 0.3) is 0 Å². The van der Waals surface area contributed by atoms with Crippen molar-refractivity contribution in [3.05, 3.63) is 23.8 Å². The van der Waals surface area contributed by atoms with Crippen LogP contribution < -0.4 is 10.5 Å². The molecular weight excluding hydrogens is 311 g/mol. The number of phenolic OH excluding ortho intramolecular Hbond substituents is 1. The number of rotatable bonds is 5. The summed E-state index contributed by atoms with van der Waals surface area (Å²) in [5.41, 5.74) is 5.82. The molecule has 0 fully saturated rings. The van der Waals surface area contributed by atoms with Crippen molar-refractivity contribution in [2.45, 2.75) is 38.8 Å². The van der Waals surface area contributed by atoms with Crippen molar-refractivity contribution in [1.29, 1.82) is 0 Å². The molecule has 1 aromatic carbocycles. The van der Waals surface area contributed by atoms with E-state index in [2.05, 4.69) is 4.74 Å². The minimum absolute atomic E-state index is 0. The summed E-state index contributed by atoms with van der Waals surface area (Å²) in [6, 6.07) is 2.02. The number of hydrogen-bond donors (Lipinski definition) is 3. The third-order valence-corrected chi connectivity index (χ3v) is 3.19. The fourth-order valence-electron chi connectivity index (χ4n) is 1.78. The monoisotopic (exact) mass is 329 g/mol. The van der Waals surface area contributed by atoms with Gasteiger partial charge >= 0.3 is 6.36 Å². The number of aliphatic hydroxyl groups is 1. The molecular formula is C13H19ClF3NO3. The van der Waals surface area contributed by atoms with Gasteiger partial charge in [-0.25, -0.2) is 0 Å². The Morgan fingerprint density at radius 3 is 2.38 bits per heavy atom. The predicted octanol–water partition coefficient (Wildman–Crippen LogP) is 3.12. The molecule has 1 unspecified atom stereocenters. The maximum absolute atomic E-state index is 12.2. The molecule has 4 N–H and O–H groups in total. The van der Waals surface area contributed by atoms with E-state index in [1.807, 2.05) is 6.92 Å². The molecule has 0 aliphatic heterocycles. The van der Waals surface area contributed by atoms with Crippen LogP contribution in [0.3, 0.4) is 0 Å². The lowest BCUT2D eigenvalue weighted by Crippen LogP contribution is -2.31. The molecule has 122 valence electrons. The highest BCUT2D eigenvalue weighted by atomic mass is 35.5. The van der Waals surface area contributed by atoms with Crippen LogP contribution >= 0.6 is 12.4 Å². The standard InChI is InChI=1S/C13H18F3NO3.ClH/c1-3-7(2)12(19)11(17)9-6-8(4-5-10(9)18)20-13(14,15)16;/h4-7,11-12,18-19H,3,17H2,1-2H3;1H/t7?,11-,12+;/m0./s1. The summed E-state index contributed by atoms with van der Waals surface area (Å²) < 4.78 is 40.2. The number of ether oxygens (including phenoxy) is 1. The molecule has 0 aliphatic carbocycles. The van der Waals surface area contributed by atoms with Crippen molar-refractivity contribution in [1.82, 2.24) is 0 Å². The van der Waals surface area contributed by atoms with E-state index in [-0.39, 0.29) is 29.6 Å². The molecule has 0 spiro atoms. The molecule has 4 nitrogen and oxygen atoms in total. The largest absolute Gasteiger partial charge is 0.573 e. The highest BCUT2D eigenvalue weighted by Crippen LogP contribution is 2.33. The van der Waals surface area contributed by atoms with Crippen molar-refractivity contribution in [2.75, 3.05) is 0 Å². The summed E-state index contributed by atoms with van der Waals surface area (Å²) in [5.74, 6) is -0.928. The number of nitrogens with two attached hydrogens (primary N) is 1. The van der Waals surface area contributed by atoms with E-state index in [4.69, 9.17) is 5.73 Å². The van der Waals surface area contributed by atoms with E-state index in [1.54, 1.807) is 6.92 Å². The van der Waals surface area contributed by atoms with Crippen LogP contribution in [0.1, 0.15) is 31.9 Å². The summed E-state index contributed by atoms with van der Waals surface area (Å²) in [6.07, 6.45) is -5.16. The lowest BCUT2D eigenvalue weighted by Gasteiger charge is -2.25. The smallest absolute Gasteiger partial charge is 0.508 e. The van der Waals surface area contributed by atoms with Crippen LogP contribution in [0, 0.1) is 5.92 Å². The number of benzene rings is 1. The van der Waals surface area contributed by atoms with Gasteiger partial charge < -0.3 is 20.7 Å². The first kappa shape index (κ1) is 19.8. The summed E-state index contributed by atoms with van der Waals surface area (Å²) in [6.45, 7) is 3.61. The highest BCUT2D eigenvalue weighted by Gasteiger charge is 2.32. The van der Waals surface area contributed by atoms with Crippen molar-refractivity contribution in [2.24, 2.45) is 11.7 Å². The highest BCUT2D eigenvalue weighted by molar-refractivity contribution is 5.85. The Kier molecular flexibility index (Phi) is 7.29. The number of aliphatic hydroxyl groups excluding tert-OH is 1. The molecule has 0 heterocycles. The number of hydrogen-bond acceptors (Lipinski definition) is 4. The summed E-state index contributed by atoms with van der Waals surface area (Å²) in [7, 11) is 0. The van der Waals surface area contributed by atoms with Crippen LogP contribution in [0.5, 0.6) is 11.5 Å². The first-order chi connectivity index (χ1) is 9.15. The molecule has 0 amide bonds. The Balaban J connectivity index is 0.00000400. The second kappa shape index (κ2) is 7.72. The average Bonchev–Trinajstić information content (AvgIpc) is 2.36. The summed E-state index contributed by atoms with van der Waals surface area (Å²) >= 11 is 0. The van der Waals surface area contributed by atoms with Crippen LogP contribution in [0.4, 0.5) is 13.2 Å². The van der Waals surface area contributed by atoms with Gasteiger partial charge in [0.25, 0.3) is 0 Å². The van der Waals surface area contributed by atoms with Gasteiger partial charge in [-0.1, -0.05) is 20.3 Å². The first-order valence-corrected chi connectivity index (χ1v) is 6.18. The van der Waals surface area contributed by atoms with Crippen molar-refractivity contribution in [3.8, 4) is 11.5 Å². The Labute approximate surface area is 127 Å². The Hall–Kier alpha value is -1.18. The lowest BCUT2D eigenvalue weighted by atomic mass is 9.91. The first-order valence-electron chi connectivity index (χ1n) is 6.18. The van der Waals surface area contributed by atoms with Gasteiger partial charge in [0.1, 0.15) is 11.5 Å². The van der Waals surface area contributed by atoms with Gasteiger partial charge in [-0.3, -0.25) is 0 Å². The van der Waals surface area contributed by atoms with Crippen LogP contribution in [-0.4, -0.2) is 22.7 Å². The molecule has 0 aliphatic rings. The molecule has 0 aromatic heterocycles. The number of aromatic hydroxyl groups is 1. The molecule has 1 rings (SSSR count). The molecule has 3 atom stereocenters. The van der Waals surface area contributed by atoms with Crippen molar-refractivity contribution < 1.29 is 28.1 Å². The van der Waals surface area contributed by atoms with E-state index >= 15 is 0 Å². The predicted molar refractivity (Wildman–Crippen MR) is 74.4 cm³/mol. The van der Waals surface area contributed by atoms with Gasteiger partial charge in [0.05, 0.1) is 12.1 Å². The third kappa shape index (κ3) is 5.61. The van der Waals surface area contributed by atoms with E-state index < -0.39 is 24.3 Å². The van der Waals surface area contributed by atoms with Gasteiger partial charge in [-0.15, -0.1) is 25.6 Å². The summed E-state index contributed by atoms with van der Waals surface area (Å²) in [5, 5.41) is 19.7. The fraction of sp³-hybridized carbons (Fsp3) is 0.538. The van der Waals surface area contributed by atoms with Gasteiger partial charge in [0.15, 0.2) is 0 Å². The van der Waals surface area contributed by atoms with Crippen LogP contribution in [0.2, 0.25) is 0 Å². The second-order valence-electron chi connectivity index (χ2n) is 4.67. The quantitative estimate of drug-likeness (QED) is 0.776. The minimum atomic E-state index is -4.83. The molecule has 0 bridgehead atoms. The van der Waals surface area contributed by atoms with E-state index in [0.29, 0.717) is 6.42 Å². The molecule has 0 saturated carbocycles. The summed E-state index contributed by atoms with van der Waals surface area (Å²) in [4.78, 5) is 0. The Bertz CT molecular complexity index is 457. The van der Waals surface area contributed by atoms with Crippen LogP contribution in [0.15, 0.2) is 18.2 Å². The Morgan fingerprint density at radius 1 is 1.33 bits per heavy atom. The number of alkyl halides is 3. The number of phenols is 1. The lowest BCUT2D eigenvalue weighted by molar-refractivity contribution is -0.274.